The van der Waals surface area contributed by atoms with Crippen molar-refractivity contribution in [2.75, 3.05) is 6.61 Å². The van der Waals surface area contributed by atoms with Gasteiger partial charge in [-0.25, -0.2) is 0 Å². The van der Waals surface area contributed by atoms with Crippen LogP contribution in [0, 0.1) is 5.92 Å². The molecule has 3 nitrogen and oxygen atoms in total. The maximum atomic E-state index is 10.8. The highest BCUT2D eigenvalue weighted by atomic mass is 16.5. The van der Waals surface area contributed by atoms with Crippen LogP contribution in [0.25, 0.3) is 0 Å². The molecule has 0 saturated heterocycles. The molecule has 10 heavy (non-hydrogen) atoms. The van der Waals surface area contributed by atoms with Crippen molar-refractivity contribution in [3.63, 3.8) is 0 Å². The summed E-state index contributed by atoms with van der Waals surface area (Å²) < 4.78 is 4.75. The van der Waals surface area contributed by atoms with Gasteiger partial charge in [-0.2, -0.15) is 0 Å². The number of hydrogen-bond donors (Lipinski definition) is 1. The van der Waals surface area contributed by atoms with E-state index >= 15 is 0 Å². The molecule has 3 heteroatoms. The summed E-state index contributed by atoms with van der Waals surface area (Å²) in [6.07, 6.45) is 1.49. The van der Waals surface area contributed by atoms with Crippen molar-refractivity contribution in [2.24, 2.45) is 11.7 Å². The molecule has 0 aromatic rings. The van der Waals surface area contributed by atoms with E-state index in [2.05, 4.69) is 0 Å². The van der Waals surface area contributed by atoms with Crippen molar-refractivity contribution in [3.05, 3.63) is 0 Å². The molecule has 0 amide bonds. The minimum absolute atomic E-state index is 0.111. The quantitative estimate of drug-likeness (QED) is 0.577. The zero-order chi connectivity index (χ0) is 7.56. The number of hydrogen-bond acceptors (Lipinski definition) is 3. The zero-order valence-corrected chi connectivity index (χ0v) is 6.17. The number of esters is 1. The topological polar surface area (TPSA) is 52.3 Å². The van der Waals surface area contributed by atoms with Gasteiger partial charge in [0.15, 0.2) is 0 Å². The Labute approximate surface area is 60.5 Å². The Morgan fingerprint density at radius 1 is 1.80 bits per heavy atom. The summed E-state index contributed by atoms with van der Waals surface area (Å²) in [4.78, 5) is 10.8. The lowest BCUT2D eigenvalue weighted by molar-refractivity contribution is -0.143. The van der Waals surface area contributed by atoms with E-state index in [0.29, 0.717) is 18.9 Å². The Kier molecular flexibility index (Phi) is 2.27. The molecule has 1 rings (SSSR count). The fourth-order valence-corrected chi connectivity index (χ4v) is 0.940. The predicted molar refractivity (Wildman–Crippen MR) is 37.3 cm³/mol. The summed E-state index contributed by atoms with van der Waals surface area (Å²) in [5.41, 5.74) is 5.50. The Balaban J connectivity index is 2.07. The lowest BCUT2D eigenvalue weighted by Gasteiger charge is -1.98. The molecule has 0 aromatic carbocycles. The number of carbonyl (C=O) groups is 1. The van der Waals surface area contributed by atoms with Crippen LogP contribution in [0.5, 0.6) is 0 Å². The molecule has 1 saturated carbocycles. The van der Waals surface area contributed by atoms with Gasteiger partial charge in [-0.1, -0.05) is 0 Å². The van der Waals surface area contributed by atoms with Crippen LogP contribution < -0.4 is 5.73 Å². The molecule has 58 valence electrons. The Bertz CT molecular complexity index is 136. The molecule has 1 fully saturated rings. The summed E-state index contributed by atoms with van der Waals surface area (Å²) in [6, 6.07) is 0.254. The van der Waals surface area contributed by atoms with Gasteiger partial charge in [0.25, 0.3) is 0 Å². The molecule has 0 bridgehead atoms. The van der Waals surface area contributed by atoms with Crippen molar-refractivity contribution in [1.29, 1.82) is 0 Å². The second kappa shape index (κ2) is 3.01. The highest BCUT2D eigenvalue weighted by Crippen LogP contribution is 2.31. The van der Waals surface area contributed by atoms with Gasteiger partial charge in [-0.05, 0) is 19.3 Å². The molecule has 1 aliphatic rings. The molecular formula is C7H13NO2. The predicted octanol–water partition coefficient (Wildman–Crippen LogP) is 0.287. The molecule has 2 unspecified atom stereocenters. The molecule has 0 aromatic heterocycles. The van der Waals surface area contributed by atoms with Gasteiger partial charge in [0.1, 0.15) is 0 Å². The van der Waals surface area contributed by atoms with Crippen molar-refractivity contribution in [1.82, 2.24) is 0 Å². The average Bonchev–Trinajstić information content (AvgIpc) is 2.47. The minimum Gasteiger partial charge on any atom is -0.466 e. The first-order valence-electron chi connectivity index (χ1n) is 3.65. The van der Waals surface area contributed by atoms with Crippen LogP contribution in [0.15, 0.2) is 0 Å². The normalized spacial score (nSPS) is 29.8. The monoisotopic (exact) mass is 143 g/mol. The molecule has 0 radical (unpaired) electrons. The summed E-state index contributed by atoms with van der Waals surface area (Å²) in [5, 5.41) is 0. The lowest BCUT2D eigenvalue weighted by Crippen LogP contribution is -2.09. The molecule has 0 spiro atoms. The van der Waals surface area contributed by atoms with E-state index in [-0.39, 0.29) is 12.0 Å². The highest BCUT2D eigenvalue weighted by Gasteiger charge is 2.35. The van der Waals surface area contributed by atoms with E-state index < -0.39 is 0 Å². The largest absolute Gasteiger partial charge is 0.466 e. The van der Waals surface area contributed by atoms with Gasteiger partial charge in [0.2, 0.25) is 0 Å². The van der Waals surface area contributed by atoms with Crippen LogP contribution in [-0.2, 0) is 9.53 Å². The molecule has 0 aliphatic heterocycles. The van der Waals surface area contributed by atoms with Crippen molar-refractivity contribution in [2.45, 2.75) is 25.8 Å². The summed E-state index contributed by atoms with van der Waals surface area (Å²) >= 11 is 0. The van der Waals surface area contributed by atoms with E-state index in [0.717, 1.165) is 6.42 Å². The SMILES string of the molecule is CCOC(=O)CC1CC1N. The number of nitrogens with two attached hydrogens (primary N) is 1. The molecule has 2 N–H and O–H groups in total. The summed E-state index contributed by atoms with van der Waals surface area (Å²) in [7, 11) is 0. The minimum atomic E-state index is -0.111. The van der Waals surface area contributed by atoms with Crippen LogP contribution >= 0.6 is 0 Å². The standard InChI is InChI=1S/C7H13NO2/c1-2-10-7(9)4-5-3-6(5)8/h5-6H,2-4,8H2,1H3. The highest BCUT2D eigenvalue weighted by molar-refractivity contribution is 5.70. The third-order valence-electron chi connectivity index (χ3n) is 1.71. The van der Waals surface area contributed by atoms with Crippen LogP contribution in [0.1, 0.15) is 19.8 Å². The lowest BCUT2D eigenvalue weighted by atomic mass is 10.3. The zero-order valence-electron chi connectivity index (χ0n) is 6.17. The van der Waals surface area contributed by atoms with Crippen LogP contribution in [0.2, 0.25) is 0 Å². The first-order valence-corrected chi connectivity index (χ1v) is 3.65. The van der Waals surface area contributed by atoms with E-state index in [1.54, 1.807) is 0 Å². The first kappa shape index (κ1) is 7.54. The maximum Gasteiger partial charge on any atom is 0.306 e. The number of rotatable bonds is 3. The van der Waals surface area contributed by atoms with Crippen molar-refractivity contribution in [3.8, 4) is 0 Å². The second-order valence-electron chi connectivity index (χ2n) is 2.67. The van der Waals surface area contributed by atoms with Gasteiger partial charge >= 0.3 is 5.97 Å². The van der Waals surface area contributed by atoms with E-state index in [4.69, 9.17) is 10.5 Å². The van der Waals surface area contributed by atoms with Gasteiger partial charge in [-0.3, -0.25) is 4.79 Å². The van der Waals surface area contributed by atoms with E-state index in [1.165, 1.54) is 0 Å². The van der Waals surface area contributed by atoms with Crippen LogP contribution in [-0.4, -0.2) is 18.6 Å². The smallest absolute Gasteiger partial charge is 0.306 e. The maximum absolute atomic E-state index is 10.8. The average molecular weight is 143 g/mol. The molecule has 0 heterocycles. The van der Waals surface area contributed by atoms with Crippen molar-refractivity contribution < 1.29 is 9.53 Å². The number of ether oxygens (including phenoxy) is 1. The Hall–Kier alpha value is -0.570. The third-order valence-corrected chi connectivity index (χ3v) is 1.71. The first-order chi connectivity index (χ1) is 4.74. The van der Waals surface area contributed by atoms with Gasteiger partial charge in [0.05, 0.1) is 6.61 Å². The molecular weight excluding hydrogens is 130 g/mol. The van der Waals surface area contributed by atoms with Gasteiger partial charge < -0.3 is 10.5 Å². The fraction of sp³-hybridized carbons (Fsp3) is 0.857. The van der Waals surface area contributed by atoms with E-state index in [1.807, 2.05) is 6.92 Å². The van der Waals surface area contributed by atoms with Gasteiger partial charge in [0, 0.05) is 12.5 Å². The number of carbonyl (C=O) groups excluding carboxylic acids is 1. The van der Waals surface area contributed by atoms with Crippen molar-refractivity contribution >= 4 is 5.97 Å². The Morgan fingerprint density at radius 2 is 2.40 bits per heavy atom. The van der Waals surface area contributed by atoms with E-state index in [9.17, 15) is 4.79 Å². The summed E-state index contributed by atoms with van der Waals surface area (Å²) in [5.74, 6) is 0.291. The molecule has 2 atom stereocenters. The Morgan fingerprint density at radius 3 is 2.80 bits per heavy atom. The third kappa shape index (κ3) is 1.99. The van der Waals surface area contributed by atoms with Crippen LogP contribution in [0.3, 0.4) is 0 Å². The second-order valence-corrected chi connectivity index (χ2v) is 2.67. The van der Waals surface area contributed by atoms with Crippen LogP contribution in [0.4, 0.5) is 0 Å². The molecule has 1 aliphatic carbocycles. The summed E-state index contributed by atoms with van der Waals surface area (Å²) in [6.45, 7) is 2.28. The fourth-order valence-electron chi connectivity index (χ4n) is 0.940. The van der Waals surface area contributed by atoms with Gasteiger partial charge in [-0.15, -0.1) is 0 Å².